The van der Waals surface area contributed by atoms with Gasteiger partial charge in [-0.15, -0.1) is 0 Å². The van der Waals surface area contributed by atoms with E-state index >= 15 is 0 Å². The molecule has 1 saturated carbocycles. The maximum Gasteiger partial charge on any atom is 0.227 e. The summed E-state index contributed by atoms with van der Waals surface area (Å²) in [7, 11) is 0. The normalized spacial score (nSPS) is 22.4. The van der Waals surface area contributed by atoms with E-state index in [9.17, 15) is 14.7 Å². The van der Waals surface area contributed by atoms with Crippen molar-refractivity contribution in [3.05, 3.63) is 29.8 Å². The van der Waals surface area contributed by atoms with Crippen LogP contribution in [0.3, 0.4) is 0 Å². The molecule has 1 aliphatic heterocycles. The molecule has 2 aliphatic rings. The zero-order valence-electron chi connectivity index (χ0n) is 14.7. The van der Waals surface area contributed by atoms with Gasteiger partial charge >= 0.3 is 0 Å². The lowest BCUT2D eigenvalue weighted by atomic mass is 9.89. The van der Waals surface area contributed by atoms with Crippen LogP contribution in [0.15, 0.2) is 24.3 Å². The summed E-state index contributed by atoms with van der Waals surface area (Å²) in [6.45, 7) is 0.325. The molecule has 2 amide bonds. The average molecular weight is 344 g/mol. The molecule has 1 aromatic rings. The third-order valence-electron chi connectivity index (χ3n) is 5.48. The summed E-state index contributed by atoms with van der Waals surface area (Å²) in [5, 5.41) is 16.4. The molecule has 1 aliphatic carbocycles. The van der Waals surface area contributed by atoms with Crippen LogP contribution < -0.4 is 10.6 Å². The summed E-state index contributed by atoms with van der Waals surface area (Å²) in [4.78, 5) is 24.3. The predicted molar refractivity (Wildman–Crippen MR) is 97.2 cm³/mol. The number of amides is 2. The van der Waals surface area contributed by atoms with Gasteiger partial charge in [-0.25, -0.2) is 0 Å². The Labute approximate surface area is 149 Å². The molecule has 5 nitrogen and oxygen atoms in total. The van der Waals surface area contributed by atoms with Crippen LogP contribution in [0.4, 0.5) is 5.69 Å². The molecule has 5 heteroatoms. The number of fused-ring (bicyclic) bond motifs is 1. The van der Waals surface area contributed by atoms with Crippen LogP contribution in [0.25, 0.3) is 0 Å². The first kappa shape index (κ1) is 17.9. The highest BCUT2D eigenvalue weighted by Crippen LogP contribution is 2.28. The number of benzene rings is 1. The van der Waals surface area contributed by atoms with Crippen LogP contribution in [-0.4, -0.2) is 29.1 Å². The molecular weight excluding hydrogens is 316 g/mol. The molecule has 136 valence electrons. The van der Waals surface area contributed by atoms with E-state index in [1.165, 1.54) is 0 Å². The van der Waals surface area contributed by atoms with Crippen LogP contribution in [-0.2, 0) is 16.0 Å². The predicted octanol–water partition coefficient (Wildman–Crippen LogP) is 2.78. The highest BCUT2D eigenvalue weighted by Gasteiger charge is 2.29. The molecule has 3 rings (SSSR count). The van der Waals surface area contributed by atoms with E-state index in [0.717, 1.165) is 49.8 Å². The number of carbonyl (C=O) groups excluding carboxylic acids is 2. The monoisotopic (exact) mass is 344 g/mol. The van der Waals surface area contributed by atoms with Gasteiger partial charge in [0.05, 0.1) is 5.60 Å². The number of aliphatic hydroxyl groups is 1. The SMILES string of the molecule is O=C(CCC1Cc2ccccc2NC1=O)NCC1(O)CCCCCC1. The molecule has 25 heavy (non-hydrogen) atoms. The Hall–Kier alpha value is -1.88. The smallest absolute Gasteiger partial charge is 0.227 e. The summed E-state index contributed by atoms with van der Waals surface area (Å²) < 4.78 is 0. The third-order valence-corrected chi connectivity index (χ3v) is 5.48. The Morgan fingerprint density at radius 1 is 1.20 bits per heavy atom. The van der Waals surface area contributed by atoms with Gasteiger partial charge in [-0.1, -0.05) is 43.9 Å². The minimum Gasteiger partial charge on any atom is -0.388 e. The fourth-order valence-electron chi connectivity index (χ4n) is 3.87. The van der Waals surface area contributed by atoms with E-state index in [4.69, 9.17) is 0 Å². The van der Waals surface area contributed by atoms with Crippen LogP contribution in [0.1, 0.15) is 56.9 Å². The number of para-hydroxylation sites is 1. The maximum atomic E-state index is 12.2. The Morgan fingerprint density at radius 3 is 2.68 bits per heavy atom. The first-order valence-electron chi connectivity index (χ1n) is 9.44. The molecule has 0 bridgehead atoms. The summed E-state index contributed by atoms with van der Waals surface area (Å²) in [5.41, 5.74) is 1.25. The zero-order valence-corrected chi connectivity index (χ0v) is 14.7. The van der Waals surface area contributed by atoms with E-state index in [1.807, 2.05) is 24.3 Å². The van der Waals surface area contributed by atoms with Crippen molar-refractivity contribution in [3.63, 3.8) is 0 Å². The summed E-state index contributed by atoms with van der Waals surface area (Å²) in [6.07, 6.45) is 7.41. The van der Waals surface area contributed by atoms with E-state index in [1.54, 1.807) is 0 Å². The number of hydrogen-bond acceptors (Lipinski definition) is 3. The van der Waals surface area contributed by atoms with Gasteiger partial charge in [0.2, 0.25) is 11.8 Å². The molecule has 0 radical (unpaired) electrons. The van der Waals surface area contributed by atoms with Gasteiger partial charge in [-0.3, -0.25) is 9.59 Å². The number of anilines is 1. The lowest BCUT2D eigenvalue weighted by molar-refractivity contribution is -0.123. The molecule has 0 spiro atoms. The molecule has 0 aromatic heterocycles. The average Bonchev–Trinajstić information content (AvgIpc) is 2.83. The van der Waals surface area contributed by atoms with Gasteiger partial charge in [0.25, 0.3) is 0 Å². The van der Waals surface area contributed by atoms with E-state index < -0.39 is 5.60 Å². The van der Waals surface area contributed by atoms with Gasteiger partial charge in [-0.2, -0.15) is 0 Å². The molecule has 1 atom stereocenters. The Bertz CT molecular complexity index is 621. The van der Waals surface area contributed by atoms with Crippen LogP contribution in [0.2, 0.25) is 0 Å². The fourth-order valence-corrected chi connectivity index (χ4v) is 3.87. The number of carbonyl (C=O) groups is 2. The van der Waals surface area contributed by atoms with Gasteiger partial charge in [-0.05, 0) is 37.3 Å². The Kier molecular flexibility index (Phi) is 5.74. The minimum atomic E-state index is -0.757. The molecular formula is C20H28N2O3. The Morgan fingerprint density at radius 2 is 1.92 bits per heavy atom. The van der Waals surface area contributed by atoms with E-state index in [0.29, 0.717) is 25.8 Å². The van der Waals surface area contributed by atoms with Crippen LogP contribution in [0, 0.1) is 5.92 Å². The topological polar surface area (TPSA) is 78.4 Å². The first-order chi connectivity index (χ1) is 12.1. The van der Waals surface area contributed by atoms with Crippen molar-refractivity contribution in [3.8, 4) is 0 Å². The standard InChI is InChI=1S/C20H28N2O3/c23-18(21-14-20(25)11-5-1-2-6-12-20)10-9-16-13-15-7-3-4-8-17(15)22-19(16)24/h3-4,7-8,16,25H,1-2,5-6,9-14H2,(H,21,23)(H,22,24). The molecule has 3 N–H and O–H groups in total. The third kappa shape index (κ3) is 4.82. The van der Waals surface area contributed by atoms with Crippen LogP contribution >= 0.6 is 0 Å². The summed E-state index contributed by atoms with van der Waals surface area (Å²) in [6, 6.07) is 7.80. The van der Waals surface area contributed by atoms with Crippen molar-refractivity contribution in [2.75, 3.05) is 11.9 Å². The fraction of sp³-hybridized carbons (Fsp3) is 0.600. The van der Waals surface area contributed by atoms with Gasteiger partial charge in [0, 0.05) is 24.6 Å². The number of nitrogens with one attached hydrogen (secondary N) is 2. The van der Waals surface area contributed by atoms with Crippen molar-refractivity contribution < 1.29 is 14.7 Å². The molecule has 1 fully saturated rings. The largest absolute Gasteiger partial charge is 0.388 e. The van der Waals surface area contributed by atoms with Crippen molar-refractivity contribution in [1.82, 2.24) is 5.32 Å². The lowest BCUT2D eigenvalue weighted by Gasteiger charge is -2.27. The second-order valence-electron chi connectivity index (χ2n) is 7.50. The Balaban J connectivity index is 1.45. The molecule has 0 saturated heterocycles. The first-order valence-corrected chi connectivity index (χ1v) is 9.44. The van der Waals surface area contributed by atoms with Crippen molar-refractivity contribution in [1.29, 1.82) is 0 Å². The maximum absolute atomic E-state index is 12.2. The summed E-state index contributed by atoms with van der Waals surface area (Å²) in [5.74, 6) is -0.250. The second kappa shape index (κ2) is 8.00. The van der Waals surface area contributed by atoms with Crippen molar-refractivity contribution in [2.24, 2.45) is 5.92 Å². The lowest BCUT2D eigenvalue weighted by Crippen LogP contribution is -2.42. The zero-order chi connectivity index (χ0) is 17.7. The van der Waals surface area contributed by atoms with Gasteiger partial charge in [0.1, 0.15) is 0 Å². The molecule has 1 aromatic carbocycles. The van der Waals surface area contributed by atoms with Crippen molar-refractivity contribution >= 4 is 17.5 Å². The number of rotatable bonds is 5. The highest BCUT2D eigenvalue weighted by molar-refractivity contribution is 5.96. The van der Waals surface area contributed by atoms with Gasteiger partial charge < -0.3 is 15.7 Å². The quantitative estimate of drug-likeness (QED) is 0.719. The van der Waals surface area contributed by atoms with Crippen molar-refractivity contribution in [2.45, 2.75) is 63.4 Å². The van der Waals surface area contributed by atoms with E-state index in [2.05, 4.69) is 10.6 Å². The molecule has 1 heterocycles. The minimum absolute atomic E-state index is 0.00565. The summed E-state index contributed by atoms with van der Waals surface area (Å²) >= 11 is 0. The number of hydrogen-bond donors (Lipinski definition) is 3. The van der Waals surface area contributed by atoms with Gasteiger partial charge in [0.15, 0.2) is 0 Å². The van der Waals surface area contributed by atoms with Crippen LogP contribution in [0.5, 0.6) is 0 Å². The second-order valence-corrected chi connectivity index (χ2v) is 7.50. The highest BCUT2D eigenvalue weighted by atomic mass is 16.3. The molecule has 1 unspecified atom stereocenters. The van der Waals surface area contributed by atoms with E-state index in [-0.39, 0.29) is 17.7 Å².